The van der Waals surface area contributed by atoms with Gasteiger partial charge in [-0.2, -0.15) is 0 Å². The average Bonchev–Trinajstić information content (AvgIpc) is 2.60. The summed E-state index contributed by atoms with van der Waals surface area (Å²) in [6.45, 7) is 19.1. The second kappa shape index (κ2) is 10.4. The molecule has 2 fully saturated rings. The number of amides is 1. The standard InChI is InChI=1S/C17H34N4O.C2H6/c1-5-20-10-12-21(13-11-20)14-17(18-16(22)15(2)3)6-8-19(4)9-7-17;1-2/h15H,5-14H2,1-4H3,(H,18,22);1-2H3. The van der Waals surface area contributed by atoms with E-state index in [1.165, 1.54) is 0 Å². The van der Waals surface area contributed by atoms with E-state index in [2.05, 4.69) is 34.0 Å². The topological polar surface area (TPSA) is 38.8 Å². The van der Waals surface area contributed by atoms with E-state index >= 15 is 0 Å². The van der Waals surface area contributed by atoms with Gasteiger partial charge in [-0.05, 0) is 26.4 Å². The lowest BCUT2D eigenvalue weighted by Gasteiger charge is -2.46. The van der Waals surface area contributed by atoms with E-state index in [9.17, 15) is 4.79 Å². The third-order valence-electron chi connectivity index (χ3n) is 5.30. The van der Waals surface area contributed by atoms with Crippen LogP contribution >= 0.6 is 0 Å². The lowest BCUT2D eigenvalue weighted by atomic mass is 9.86. The van der Waals surface area contributed by atoms with Crippen LogP contribution in [0.1, 0.15) is 47.5 Å². The predicted molar refractivity (Wildman–Crippen MR) is 102 cm³/mol. The van der Waals surface area contributed by atoms with E-state index in [1.54, 1.807) is 0 Å². The number of rotatable bonds is 5. The summed E-state index contributed by atoms with van der Waals surface area (Å²) in [5.74, 6) is 0.269. The van der Waals surface area contributed by atoms with Gasteiger partial charge in [0.05, 0.1) is 5.54 Å². The zero-order chi connectivity index (χ0) is 18.2. The molecule has 0 unspecified atom stereocenters. The average molecular weight is 341 g/mol. The van der Waals surface area contributed by atoms with Crippen molar-refractivity contribution in [3.05, 3.63) is 0 Å². The normalized spacial score (nSPS) is 22.8. The molecule has 0 saturated carbocycles. The number of carbonyl (C=O) groups excluding carboxylic acids is 1. The molecule has 0 aromatic rings. The van der Waals surface area contributed by atoms with Gasteiger partial charge in [0, 0.05) is 51.7 Å². The molecule has 24 heavy (non-hydrogen) atoms. The summed E-state index contributed by atoms with van der Waals surface area (Å²) in [7, 11) is 2.17. The summed E-state index contributed by atoms with van der Waals surface area (Å²) in [5.41, 5.74) is -0.0255. The fourth-order valence-electron chi connectivity index (χ4n) is 3.47. The van der Waals surface area contributed by atoms with Crippen molar-refractivity contribution < 1.29 is 4.79 Å². The Kier molecular flexibility index (Phi) is 9.24. The van der Waals surface area contributed by atoms with Crippen molar-refractivity contribution in [2.45, 2.75) is 53.0 Å². The highest BCUT2D eigenvalue weighted by Gasteiger charge is 2.37. The van der Waals surface area contributed by atoms with Gasteiger partial charge in [-0.15, -0.1) is 0 Å². The van der Waals surface area contributed by atoms with Gasteiger partial charge in [0.15, 0.2) is 0 Å². The van der Waals surface area contributed by atoms with Crippen LogP contribution < -0.4 is 5.32 Å². The summed E-state index contributed by atoms with van der Waals surface area (Å²) in [6, 6.07) is 0. The quantitative estimate of drug-likeness (QED) is 0.829. The van der Waals surface area contributed by atoms with E-state index in [1.807, 2.05) is 27.7 Å². The van der Waals surface area contributed by atoms with Gasteiger partial charge in [0.2, 0.25) is 5.91 Å². The first-order valence-corrected chi connectivity index (χ1v) is 9.89. The van der Waals surface area contributed by atoms with Crippen LogP contribution in [-0.2, 0) is 4.79 Å². The third kappa shape index (κ3) is 6.34. The molecular formula is C19H40N4O. The maximum Gasteiger partial charge on any atom is 0.223 e. The molecule has 2 heterocycles. The second-order valence-electron chi connectivity index (χ2n) is 7.44. The van der Waals surface area contributed by atoms with Gasteiger partial charge in [-0.3, -0.25) is 9.69 Å². The van der Waals surface area contributed by atoms with Crippen LogP contribution in [-0.4, -0.2) is 85.6 Å². The number of likely N-dealkylation sites (tertiary alicyclic amines) is 1. The smallest absolute Gasteiger partial charge is 0.223 e. The molecule has 0 aromatic carbocycles. The Labute approximate surface area is 149 Å². The molecule has 1 amide bonds. The molecule has 0 aliphatic carbocycles. The molecule has 142 valence electrons. The number of carbonyl (C=O) groups is 1. The zero-order valence-electron chi connectivity index (χ0n) is 16.9. The van der Waals surface area contributed by atoms with Crippen molar-refractivity contribution >= 4 is 5.91 Å². The minimum Gasteiger partial charge on any atom is -0.349 e. The van der Waals surface area contributed by atoms with E-state index in [-0.39, 0.29) is 17.4 Å². The first kappa shape index (κ1) is 21.4. The predicted octanol–water partition coefficient (Wildman–Crippen LogP) is 1.89. The summed E-state index contributed by atoms with van der Waals surface area (Å²) in [6.07, 6.45) is 2.13. The summed E-state index contributed by atoms with van der Waals surface area (Å²) < 4.78 is 0. The molecule has 0 aromatic heterocycles. The number of nitrogens with one attached hydrogen (secondary N) is 1. The first-order chi connectivity index (χ1) is 11.4. The molecule has 1 N–H and O–H groups in total. The Bertz CT molecular complexity index is 356. The summed E-state index contributed by atoms with van der Waals surface area (Å²) >= 11 is 0. The van der Waals surface area contributed by atoms with Crippen LogP contribution in [0, 0.1) is 5.92 Å². The number of nitrogens with zero attached hydrogens (tertiary/aromatic N) is 3. The molecular weight excluding hydrogens is 300 g/mol. The van der Waals surface area contributed by atoms with Gasteiger partial charge in [-0.1, -0.05) is 34.6 Å². The zero-order valence-corrected chi connectivity index (χ0v) is 16.9. The lowest BCUT2D eigenvalue weighted by molar-refractivity contribution is -0.127. The van der Waals surface area contributed by atoms with Crippen molar-refractivity contribution in [3.63, 3.8) is 0 Å². The van der Waals surface area contributed by atoms with Gasteiger partial charge in [-0.25, -0.2) is 0 Å². The Morgan fingerprint density at radius 3 is 1.96 bits per heavy atom. The maximum atomic E-state index is 12.3. The lowest BCUT2D eigenvalue weighted by Crippen LogP contribution is -2.62. The maximum absolute atomic E-state index is 12.3. The van der Waals surface area contributed by atoms with Crippen molar-refractivity contribution in [2.75, 3.05) is 59.4 Å². The molecule has 0 radical (unpaired) electrons. The fourth-order valence-corrected chi connectivity index (χ4v) is 3.47. The van der Waals surface area contributed by atoms with Gasteiger partial charge in [0.1, 0.15) is 0 Å². The molecule has 2 saturated heterocycles. The molecule has 0 bridgehead atoms. The van der Waals surface area contributed by atoms with Crippen LogP contribution in [0.2, 0.25) is 0 Å². The number of piperazine rings is 1. The first-order valence-electron chi connectivity index (χ1n) is 9.89. The minimum atomic E-state index is -0.0255. The van der Waals surface area contributed by atoms with E-state index in [0.717, 1.165) is 65.2 Å². The van der Waals surface area contributed by atoms with Crippen LogP contribution in [0.5, 0.6) is 0 Å². The van der Waals surface area contributed by atoms with Crippen LogP contribution in [0.4, 0.5) is 0 Å². The van der Waals surface area contributed by atoms with Crippen molar-refractivity contribution in [3.8, 4) is 0 Å². The largest absolute Gasteiger partial charge is 0.349 e. The second-order valence-corrected chi connectivity index (χ2v) is 7.44. The molecule has 2 rings (SSSR count). The van der Waals surface area contributed by atoms with Crippen molar-refractivity contribution in [1.82, 2.24) is 20.0 Å². The number of likely N-dealkylation sites (N-methyl/N-ethyl adjacent to an activating group) is 1. The van der Waals surface area contributed by atoms with E-state index in [0.29, 0.717) is 0 Å². The minimum absolute atomic E-state index is 0.0255. The molecule has 2 aliphatic heterocycles. The highest BCUT2D eigenvalue weighted by atomic mass is 16.2. The molecule has 5 heteroatoms. The highest BCUT2D eigenvalue weighted by Crippen LogP contribution is 2.24. The van der Waals surface area contributed by atoms with Crippen molar-refractivity contribution in [2.24, 2.45) is 5.92 Å². The van der Waals surface area contributed by atoms with Crippen molar-refractivity contribution in [1.29, 1.82) is 0 Å². The summed E-state index contributed by atoms with van der Waals surface area (Å²) in [5, 5.41) is 3.40. The number of hydrogen-bond acceptors (Lipinski definition) is 4. The molecule has 0 atom stereocenters. The Morgan fingerprint density at radius 2 is 1.50 bits per heavy atom. The fraction of sp³-hybridized carbons (Fsp3) is 0.947. The van der Waals surface area contributed by atoms with Crippen LogP contribution in [0.25, 0.3) is 0 Å². The van der Waals surface area contributed by atoms with E-state index in [4.69, 9.17) is 0 Å². The Morgan fingerprint density at radius 1 is 1.00 bits per heavy atom. The molecule has 2 aliphatic rings. The van der Waals surface area contributed by atoms with E-state index < -0.39 is 0 Å². The van der Waals surface area contributed by atoms with Gasteiger partial charge < -0.3 is 15.1 Å². The summed E-state index contributed by atoms with van der Waals surface area (Å²) in [4.78, 5) is 19.7. The third-order valence-corrected chi connectivity index (χ3v) is 5.30. The number of piperidine rings is 1. The Hall–Kier alpha value is -0.650. The molecule has 0 spiro atoms. The van der Waals surface area contributed by atoms with Gasteiger partial charge in [0.25, 0.3) is 0 Å². The Balaban J connectivity index is 0.00000139. The number of hydrogen-bond donors (Lipinski definition) is 1. The van der Waals surface area contributed by atoms with Crippen LogP contribution in [0.15, 0.2) is 0 Å². The monoisotopic (exact) mass is 340 g/mol. The molecule has 5 nitrogen and oxygen atoms in total. The SMILES string of the molecule is CC.CCN1CCN(CC2(NC(=O)C(C)C)CCN(C)CC2)CC1. The van der Waals surface area contributed by atoms with Gasteiger partial charge >= 0.3 is 0 Å². The highest BCUT2D eigenvalue weighted by molar-refractivity contribution is 5.78. The van der Waals surface area contributed by atoms with Crippen LogP contribution in [0.3, 0.4) is 0 Å².